The number of hydrogen-bond donors (Lipinski definition) is 1. The van der Waals surface area contributed by atoms with Crippen LogP contribution in [0.25, 0.3) is 0 Å². The molecule has 2 rings (SSSR count). The second-order valence-electron chi connectivity index (χ2n) is 4.76. The van der Waals surface area contributed by atoms with Gasteiger partial charge in [-0.15, -0.1) is 0 Å². The van der Waals surface area contributed by atoms with E-state index in [1.807, 2.05) is 0 Å². The average Bonchev–Trinajstić information content (AvgIpc) is 2.53. The van der Waals surface area contributed by atoms with E-state index < -0.39 is 30.3 Å². The fourth-order valence-corrected chi connectivity index (χ4v) is 3.03. The Morgan fingerprint density at radius 1 is 1.36 bits per heavy atom. The van der Waals surface area contributed by atoms with Crippen LogP contribution >= 0.6 is 23.4 Å². The highest BCUT2D eigenvalue weighted by Gasteiger charge is 2.34. The molecule has 0 amide bonds. The lowest BCUT2D eigenvalue weighted by atomic mass is 10.2. The number of pyridine rings is 1. The van der Waals surface area contributed by atoms with Crippen molar-refractivity contribution >= 4 is 29.3 Å². The number of hydrogen-bond acceptors (Lipinski definition) is 7. The van der Waals surface area contributed by atoms with Crippen LogP contribution in [0.5, 0.6) is 5.88 Å². The van der Waals surface area contributed by atoms with Crippen molar-refractivity contribution in [3.63, 3.8) is 0 Å². The fourth-order valence-electron chi connectivity index (χ4n) is 1.70. The standard InChI is InChI=1S/C14H12ClF3N4O2S/c1-7-4-20-5-9(15)8(7)6-25-13-21-10(14(16,17)18)2-11(22-13)24-12(23)3-19/h2,4-5H,3,6,19H2,1H3. The summed E-state index contributed by atoms with van der Waals surface area (Å²) in [4.78, 5) is 22.4. The third-order valence-electron chi connectivity index (χ3n) is 2.92. The molecule has 0 radical (unpaired) electrons. The Kier molecular flexibility index (Phi) is 6.20. The van der Waals surface area contributed by atoms with Crippen molar-refractivity contribution in [1.29, 1.82) is 0 Å². The molecular weight excluding hydrogens is 381 g/mol. The molecule has 25 heavy (non-hydrogen) atoms. The van der Waals surface area contributed by atoms with Gasteiger partial charge in [0.25, 0.3) is 0 Å². The Hall–Kier alpha value is -1.91. The van der Waals surface area contributed by atoms with Gasteiger partial charge >= 0.3 is 12.1 Å². The van der Waals surface area contributed by atoms with Crippen LogP contribution in [0.1, 0.15) is 16.8 Å². The molecule has 2 N–H and O–H groups in total. The molecule has 0 unspecified atom stereocenters. The number of ether oxygens (including phenoxy) is 1. The second kappa shape index (κ2) is 7.98. The van der Waals surface area contributed by atoms with Crippen molar-refractivity contribution in [2.75, 3.05) is 6.54 Å². The van der Waals surface area contributed by atoms with E-state index in [-0.39, 0.29) is 10.9 Å². The van der Waals surface area contributed by atoms with Gasteiger partial charge in [-0.3, -0.25) is 9.78 Å². The first-order valence-electron chi connectivity index (χ1n) is 6.79. The molecule has 6 nitrogen and oxygen atoms in total. The minimum absolute atomic E-state index is 0.207. The highest BCUT2D eigenvalue weighted by atomic mass is 35.5. The third kappa shape index (κ3) is 5.28. The van der Waals surface area contributed by atoms with E-state index in [1.165, 1.54) is 6.20 Å². The number of nitrogens with zero attached hydrogens (tertiary/aromatic N) is 3. The number of carbonyl (C=O) groups is 1. The summed E-state index contributed by atoms with van der Waals surface area (Å²) < 4.78 is 43.6. The lowest BCUT2D eigenvalue weighted by Crippen LogP contribution is -2.21. The lowest BCUT2D eigenvalue weighted by molar-refractivity contribution is -0.142. The largest absolute Gasteiger partial charge is 0.433 e. The number of aromatic nitrogens is 3. The molecule has 11 heteroatoms. The number of alkyl halides is 3. The van der Waals surface area contributed by atoms with Crippen molar-refractivity contribution in [2.24, 2.45) is 5.73 Å². The fraction of sp³-hybridized carbons (Fsp3) is 0.286. The SMILES string of the molecule is Cc1cncc(Cl)c1CSc1nc(OC(=O)CN)cc(C(F)(F)F)n1. The predicted octanol–water partition coefficient (Wildman–Crippen LogP) is 3.01. The Morgan fingerprint density at radius 2 is 2.08 bits per heavy atom. The van der Waals surface area contributed by atoms with Gasteiger partial charge in [0, 0.05) is 24.2 Å². The predicted molar refractivity (Wildman–Crippen MR) is 85.3 cm³/mol. The van der Waals surface area contributed by atoms with Crippen molar-refractivity contribution < 1.29 is 22.7 Å². The zero-order valence-corrected chi connectivity index (χ0v) is 14.4. The normalized spacial score (nSPS) is 11.4. The van der Waals surface area contributed by atoms with Gasteiger partial charge in [-0.2, -0.15) is 18.2 Å². The zero-order valence-electron chi connectivity index (χ0n) is 12.8. The topological polar surface area (TPSA) is 91.0 Å². The molecule has 0 aliphatic heterocycles. The number of esters is 1. The van der Waals surface area contributed by atoms with Crippen molar-refractivity contribution in [3.05, 3.63) is 40.3 Å². The molecule has 2 aromatic heterocycles. The first kappa shape index (κ1) is 19.4. The van der Waals surface area contributed by atoms with E-state index in [9.17, 15) is 18.0 Å². The molecule has 0 atom stereocenters. The number of thioether (sulfide) groups is 1. The highest BCUT2D eigenvalue weighted by Crippen LogP contribution is 2.33. The zero-order chi connectivity index (χ0) is 18.6. The average molecular weight is 393 g/mol. The quantitative estimate of drug-likeness (QED) is 0.475. The number of carbonyl (C=O) groups excluding carboxylic acids is 1. The minimum atomic E-state index is -4.72. The Labute approximate surface area is 150 Å². The molecular formula is C14H12ClF3N4O2S. The minimum Gasteiger partial charge on any atom is -0.406 e. The van der Waals surface area contributed by atoms with Gasteiger partial charge in [-0.05, 0) is 18.1 Å². The summed E-state index contributed by atoms with van der Waals surface area (Å²) in [5.74, 6) is -1.20. The first-order chi connectivity index (χ1) is 11.7. The first-order valence-corrected chi connectivity index (χ1v) is 8.16. The van der Waals surface area contributed by atoms with Gasteiger partial charge in [-0.25, -0.2) is 4.98 Å². The molecule has 0 aliphatic carbocycles. The number of halogens is 4. The van der Waals surface area contributed by atoms with Gasteiger partial charge in [-0.1, -0.05) is 23.4 Å². The molecule has 2 aromatic rings. The second-order valence-corrected chi connectivity index (χ2v) is 6.11. The van der Waals surface area contributed by atoms with Crippen molar-refractivity contribution in [2.45, 2.75) is 24.0 Å². The van der Waals surface area contributed by atoms with E-state index >= 15 is 0 Å². The molecule has 0 aromatic carbocycles. The van der Waals surface area contributed by atoms with E-state index in [4.69, 9.17) is 17.3 Å². The van der Waals surface area contributed by atoms with Gasteiger partial charge in [0.1, 0.15) is 0 Å². The maximum absolute atomic E-state index is 13.0. The van der Waals surface area contributed by atoms with Gasteiger partial charge in [0.05, 0.1) is 11.6 Å². The Morgan fingerprint density at radius 3 is 2.68 bits per heavy atom. The van der Waals surface area contributed by atoms with Crippen LogP contribution in [0, 0.1) is 6.92 Å². The number of nitrogens with two attached hydrogens (primary N) is 1. The monoisotopic (exact) mass is 392 g/mol. The summed E-state index contributed by atoms with van der Waals surface area (Å²) in [7, 11) is 0. The van der Waals surface area contributed by atoms with E-state index in [1.54, 1.807) is 13.1 Å². The van der Waals surface area contributed by atoms with Crippen LogP contribution in [-0.2, 0) is 16.7 Å². The highest BCUT2D eigenvalue weighted by molar-refractivity contribution is 7.98. The molecule has 0 bridgehead atoms. The van der Waals surface area contributed by atoms with E-state index in [0.717, 1.165) is 17.3 Å². The van der Waals surface area contributed by atoms with Crippen LogP contribution < -0.4 is 10.5 Å². The molecule has 2 heterocycles. The van der Waals surface area contributed by atoms with Crippen molar-refractivity contribution in [3.8, 4) is 5.88 Å². The van der Waals surface area contributed by atoms with E-state index in [0.29, 0.717) is 16.7 Å². The molecule has 0 saturated heterocycles. The molecule has 0 fully saturated rings. The molecule has 0 aliphatic rings. The summed E-state index contributed by atoms with van der Waals surface area (Å²) >= 11 is 6.96. The van der Waals surface area contributed by atoms with Gasteiger partial charge in [0.2, 0.25) is 5.88 Å². The lowest BCUT2D eigenvalue weighted by Gasteiger charge is -2.11. The van der Waals surface area contributed by atoms with Crippen LogP contribution in [0.3, 0.4) is 0 Å². The Bertz CT molecular complexity index is 769. The van der Waals surface area contributed by atoms with E-state index in [2.05, 4.69) is 19.7 Å². The summed E-state index contributed by atoms with van der Waals surface area (Å²) in [6.07, 6.45) is -1.69. The van der Waals surface area contributed by atoms with Crippen LogP contribution in [0.2, 0.25) is 5.02 Å². The summed E-state index contributed by atoms with van der Waals surface area (Å²) in [6, 6.07) is 0.544. The van der Waals surface area contributed by atoms with Crippen LogP contribution in [0.4, 0.5) is 13.2 Å². The number of aryl methyl sites for hydroxylation is 1. The maximum Gasteiger partial charge on any atom is 0.433 e. The third-order valence-corrected chi connectivity index (χ3v) is 4.12. The smallest absolute Gasteiger partial charge is 0.406 e. The summed E-state index contributed by atoms with van der Waals surface area (Å²) in [5.41, 5.74) is 5.34. The molecule has 134 valence electrons. The van der Waals surface area contributed by atoms with Gasteiger partial charge in [0.15, 0.2) is 10.9 Å². The Balaban J connectivity index is 2.29. The van der Waals surface area contributed by atoms with Crippen LogP contribution in [0.15, 0.2) is 23.6 Å². The van der Waals surface area contributed by atoms with Crippen molar-refractivity contribution in [1.82, 2.24) is 15.0 Å². The number of rotatable bonds is 5. The molecule has 0 saturated carbocycles. The van der Waals surface area contributed by atoms with Gasteiger partial charge < -0.3 is 10.5 Å². The maximum atomic E-state index is 13.0. The van der Waals surface area contributed by atoms with Crippen LogP contribution in [-0.4, -0.2) is 27.5 Å². The summed E-state index contributed by atoms with van der Waals surface area (Å²) in [5, 5.41) is 0.177. The molecule has 0 spiro atoms. The summed E-state index contributed by atoms with van der Waals surface area (Å²) in [6.45, 7) is 1.29.